The predicted octanol–water partition coefficient (Wildman–Crippen LogP) is 1.53. The van der Waals surface area contributed by atoms with Crippen molar-refractivity contribution in [3.63, 3.8) is 0 Å². The Balaban J connectivity index is 1.54. The van der Waals surface area contributed by atoms with Gasteiger partial charge in [0, 0.05) is 18.7 Å². The van der Waals surface area contributed by atoms with Crippen LogP contribution in [0.3, 0.4) is 0 Å². The number of carbonyl (C=O) groups excluding carboxylic acids is 1. The minimum Gasteiger partial charge on any atom is -0.369 e. The molecule has 1 amide bonds. The third kappa shape index (κ3) is 2.96. The number of primary amides is 1. The van der Waals surface area contributed by atoms with E-state index in [-0.39, 0.29) is 24.5 Å². The molecule has 31 heavy (non-hydrogen) atoms. The fourth-order valence-corrected chi connectivity index (χ4v) is 4.92. The standard InChI is InChI=1S/C21H23FN8O/c1-12-9-28(17-4-3-14(7-23)30-21(17)16(22)8-25-30)10-18-15-5-6-27(11-19(24)31)13(2)20(15)26-29(12)18/h3-4,8,12-13H,5-6,9-11H2,1-2H3,(H2,24,31)/t12-,13+/m1/s1. The van der Waals surface area contributed by atoms with E-state index in [0.717, 1.165) is 30.6 Å². The lowest BCUT2D eigenvalue weighted by atomic mass is 9.97. The number of aromatic nitrogens is 4. The SMILES string of the molecule is C[C@@H]1CN(c2ccc(C#N)n3ncc(F)c23)Cc2c3c(nn21)[C@H](C)N(CC(N)=O)CC3. The highest BCUT2D eigenvalue weighted by Gasteiger charge is 2.35. The molecule has 0 saturated heterocycles. The molecule has 0 unspecified atom stereocenters. The van der Waals surface area contributed by atoms with Crippen LogP contribution < -0.4 is 10.6 Å². The Morgan fingerprint density at radius 3 is 2.94 bits per heavy atom. The molecule has 5 rings (SSSR count). The smallest absolute Gasteiger partial charge is 0.231 e. The highest BCUT2D eigenvalue weighted by atomic mass is 19.1. The summed E-state index contributed by atoms with van der Waals surface area (Å²) in [6, 6.07) is 5.60. The molecule has 3 aromatic heterocycles. The van der Waals surface area contributed by atoms with Crippen molar-refractivity contribution < 1.29 is 9.18 Å². The molecule has 0 fully saturated rings. The van der Waals surface area contributed by atoms with Gasteiger partial charge in [-0.2, -0.15) is 15.5 Å². The molecule has 2 aliphatic heterocycles. The second-order valence-electron chi connectivity index (χ2n) is 8.32. The zero-order chi connectivity index (χ0) is 21.9. The minimum absolute atomic E-state index is 0.00360. The summed E-state index contributed by atoms with van der Waals surface area (Å²) in [5, 5.41) is 18.3. The number of hydrogen-bond acceptors (Lipinski definition) is 6. The van der Waals surface area contributed by atoms with Crippen LogP contribution >= 0.6 is 0 Å². The summed E-state index contributed by atoms with van der Waals surface area (Å²) in [5.41, 5.74) is 10.0. The van der Waals surface area contributed by atoms with Gasteiger partial charge in [0.05, 0.1) is 48.4 Å². The highest BCUT2D eigenvalue weighted by Crippen LogP contribution is 2.37. The summed E-state index contributed by atoms with van der Waals surface area (Å²) >= 11 is 0. The lowest BCUT2D eigenvalue weighted by Gasteiger charge is -2.35. The maximum Gasteiger partial charge on any atom is 0.231 e. The highest BCUT2D eigenvalue weighted by molar-refractivity contribution is 5.76. The van der Waals surface area contributed by atoms with Gasteiger partial charge in [-0.25, -0.2) is 8.91 Å². The fourth-order valence-electron chi connectivity index (χ4n) is 4.92. The van der Waals surface area contributed by atoms with Gasteiger partial charge in [0.25, 0.3) is 0 Å². The Labute approximate surface area is 178 Å². The Morgan fingerprint density at radius 1 is 1.39 bits per heavy atom. The monoisotopic (exact) mass is 422 g/mol. The number of amides is 1. The van der Waals surface area contributed by atoms with E-state index < -0.39 is 5.82 Å². The molecule has 5 heterocycles. The molecule has 160 valence electrons. The van der Waals surface area contributed by atoms with Crippen LogP contribution in [-0.4, -0.2) is 49.8 Å². The van der Waals surface area contributed by atoms with Crippen LogP contribution in [0.5, 0.6) is 0 Å². The molecule has 0 saturated carbocycles. The Hall–Kier alpha value is -3.45. The predicted molar refractivity (Wildman–Crippen MR) is 111 cm³/mol. The maximum absolute atomic E-state index is 14.6. The first-order valence-corrected chi connectivity index (χ1v) is 10.3. The van der Waals surface area contributed by atoms with Gasteiger partial charge < -0.3 is 10.6 Å². The maximum atomic E-state index is 14.6. The number of nitrogens with zero attached hydrogens (tertiary/aromatic N) is 7. The van der Waals surface area contributed by atoms with Crippen molar-refractivity contribution in [3.8, 4) is 6.07 Å². The topological polar surface area (TPSA) is 108 Å². The lowest BCUT2D eigenvalue weighted by Crippen LogP contribution is -2.40. The van der Waals surface area contributed by atoms with Crippen LogP contribution in [0.1, 0.15) is 48.6 Å². The first kappa shape index (κ1) is 19.5. The number of fused-ring (bicyclic) bond motifs is 4. The van der Waals surface area contributed by atoms with E-state index in [1.54, 1.807) is 12.1 Å². The van der Waals surface area contributed by atoms with E-state index in [9.17, 15) is 14.4 Å². The number of nitriles is 1. The molecule has 2 aliphatic rings. The van der Waals surface area contributed by atoms with Crippen molar-refractivity contribution in [2.75, 3.05) is 24.5 Å². The number of rotatable bonds is 3. The molecule has 2 N–H and O–H groups in total. The Morgan fingerprint density at radius 2 is 2.19 bits per heavy atom. The zero-order valence-electron chi connectivity index (χ0n) is 17.4. The van der Waals surface area contributed by atoms with Gasteiger partial charge in [-0.3, -0.25) is 14.4 Å². The lowest BCUT2D eigenvalue weighted by molar-refractivity contribution is -0.119. The summed E-state index contributed by atoms with van der Waals surface area (Å²) in [6.45, 7) is 6.33. The van der Waals surface area contributed by atoms with Crippen LogP contribution in [0.25, 0.3) is 5.52 Å². The van der Waals surface area contributed by atoms with Gasteiger partial charge in [0.15, 0.2) is 5.82 Å². The Kier molecular flexibility index (Phi) is 4.44. The largest absolute Gasteiger partial charge is 0.369 e. The molecule has 0 spiro atoms. The average molecular weight is 422 g/mol. The third-order valence-electron chi connectivity index (χ3n) is 6.39. The molecule has 0 radical (unpaired) electrons. The van der Waals surface area contributed by atoms with Crippen molar-refractivity contribution in [3.05, 3.63) is 46.8 Å². The second kappa shape index (κ2) is 7.06. The third-order valence-corrected chi connectivity index (χ3v) is 6.39. The number of anilines is 1. The van der Waals surface area contributed by atoms with Gasteiger partial charge >= 0.3 is 0 Å². The fraction of sp³-hybridized carbons (Fsp3) is 0.429. The van der Waals surface area contributed by atoms with Crippen LogP contribution in [-0.2, 0) is 17.8 Å². The minimum atomic E-state index is -0.448. The van der Waals surface area contributed by atoms with Crippen molar-refractivity contribution >= 4 is 17.1 Å². The average Bonchev–Trinajstić information content (AvgIpc) is 3.31. The van der Waals surface area contributed by atoms with Crippen LogP contribution in [0.4, 0.5) is 10.1 Å². The molecule has 0 bridgehead atoms. The van der Waals surface area contributed by atoms with E-state index >= 15 is 0 Å². The molecule has 0 aromatic carbocycles. The first-order valence-electron chi connectivity index (χ1n) is 10.3. The molecule has 0 aliphatic carbocycles. The van der Waals surface area contributed by atoms with E-state index in [1.807, 2.05) is 6.92 Å². The summed E-state index contributed by atoms with van der Waals surface area (Å²) in [7, 11) is 0. The number of hydrogen-bond donors (Lipinski definition) is 1. The second-order valence-corrected chi connectivity index (χ2v) is 8.32. The number of carbonyl (C=O) groups is 1. The van der Waals surface area contributed by atoms with E-state index in [4.69, 9.17) is 10.8 Å². The number of nitrogens with two attached hydrogens (primary N) is 1. The van der Waals surface area contributed by atoms with Gasteiger partial charge in [0.1, 0.15) is 17.3 Å². The molecule has 9 nitrogen and oxygen atoms in total. The van der Waals surface area contributed by atoms with E-state index in [0.29, 0.717) is 30.0 Å². The van der Waals surface area contributed by atoms with Crippen LogP contribution in [0, 0.1) is 17.1 Å². The molecule has 10 heteroatoms. The van der Waals surface area contributed by atoms with Gasteiger partial charge in [-0.1, -0.05) is 0 Å². The number of halogens is 1. The Bertz CT molecular complexity index is 1240. The van der Waals surface area contributed by atoms with Crippen LogP contribution in [0.15, 0.2) is 18.3 Å². The summed E-state index contributed by atoms with van der Waals surface area (Å²) in [4.78, 5) is 15.6. The number of pyridine rings is 1. The quantitative estimate of drug-likeness (QED) is 0.686. The van der Waals surface area contributed by atoms with Gasteiger partial charge in [0.2, 0.25) is 5.91 Å². The zero-order valence-corrected chi connectivity index (χ0v) is 17.4. The normalized spacial score (nSPS) is 21.0. The molecular formula is C21H23FN8O. The van der Waals surface area contributed by atoms with Crippen molar-refractivity contribution in [2.24, 2.45) is 5.73 Å². The summed E-state index contributed by atoms with van der Waals surface area (Å²) < 4.78 is 18.0. The summed E-state index contributed by atoms with van der Waals surface area (Å²) in [6.07, 6.45) is 1.93. The molecule has 3 aromatic rings. The van der Waals surface area contributed by atoms with Gasteiger partial charge in [-0.15, -0.1) is 0 Å². The summed E-state index contributed by atoms with van der Waals surface area (Å²) in [5.74, 6) is -0.789. The molecule has 2 atom stereocenters. The van der Waals surface area contributed by atoms with Crippen molar-refractivity contribution in [2.45, 2.75) is 38.9 Å². The van der Waals surface area contributed by atoms with E-state index in [2.05, 4.69) is 32.6 Å². The van der Waals surface area contributed by atoms with Crippen molar-refractivity contribution in [1.29, 1.82) is 5.26 Å². The van der Waals surface area contributed by atoms with E-state index in [1.165, 1.54) is 10.1 Å². The van der Waals surface area contributed by atoms with Crippen molar-refractivity contribution in [1.82, 2.24) is 24.3 Å². The molecular weight excluding hydrogens is 399 g/mol. The van der Waals surface area contributed by atoms with Gasteiger partial charge in [-0.05, 0) is 32.4 Å². The van der Waals surface area contributed by atoms with Crippen LogP contribution in [0.2, 0.25) is 0 Å². The first-order chi connectivity index (χ1) is 14.9.